The fourth-order valence-corrected chi connectivity index (χ4v) is 9.64. The molecule has 276 valence electrons. The van der Waals surface area contributed by atoms with Crippen LogP contribution in [0.4, 0.5) is 11.4 Å². The van der Waals surface area contributed by atoms with Crippen molar-refractivity contribution in [2.75, 3.05) is 9.80 Å². The zero-order valence-electron chi connectivity index (χ0n) is 29.7. The average Bonchev–Trinajstić information content (AvgIpc) is 3.64. The van der Waals surface area contributed by atoms with Crippen LogP contribution < -0.4 is 9.80 Å². The van der Waals surface area contributed by atoms with Crippen LogP contribution in [0.25, 0.3) is 0 Å². The highest BCUT2D eigenvalue weighted by molar-refractivity contribution is 9.10. The number of rotatable bonds is 7. The maximum atomic E-state index is 14.6. The number of imide groups is 2. The van der Waals surface area contributed by atoms with Gasteiger partial charge in [0.2, 0.25) is 23.6 Å². The minimum absolute atomic E-state index is 0.0521. The Hall–Kier alpha value is -6.26. The molecule has 1 saturated carbocycles. The molecule has 9 nitrogen and oxygen atoms in total. The minimum atomic E-state index is -0.884. The molecule has 56 heavy (non-hydrogen) atoms. The van der Waals surface area contributed by atoms with Gasteiger partial charge < -0.3 is 5.11 Å². The number of ketones is 2. The van der Waals surface area contributed by atoms with Crippen molar-refractivity contribution in [3.05, 3.63) is 171 Å². The minimum Gasteiger partial charge on any atom is -0.508 e. The number of carbonyl (C=O) groups excluding carboxylic acids is 6. The zero-order valence-corrected chi connectivity index (χ0v) is 31.3. The lowest BCUT2D eigenvalue weighted by atomic mass is 9.57. The Morgan fingerprint density at radius 3 is 1.57 bits per heavy atom. The van der Waals surface area contributed by atoms with Gasteiger partial charge in [0.1, 0.15) is 5.75 Å². The van der Waals surface area contributed by atoms with Gasteiger partial charge in [-0.1, -0.05) is 88.2 Å². The third-order valence-corrected chi connectivity index (χ3v) is 12.3. The molecule has 2 heterocycles. The molecule has 10 heteroatoms. The standard InChI is InChI=1S/C46H33BrN2O7/c47-29-15-22-37(50)35(23-29)38-32-20-21-33-39(45(55)48(43(33)53)30-16-11-27(12-17-30)41(51)25-7-3-1-4-8-25)34(32)24-36-40(38)46(56)49(44(36)54)31-18-13-28(14-19-31)42(52)26-9-5-2-6-10-26/h1-20,22-23,33-34,36,38-40,50H,21,24H2/t33-,34+,36+,38+,39-,40+/m0/s1. The van der Waals surface area contributed by atoms with Crippen LogP contribution in [0, 0.1) is 29.6 Å². The summed E-state index contributed by atoms with van der Waals surface area (Å²) in [6, 6.07) is 35.4. The molecule has 0 bridgehead atoms. The Kier molecular flexibility index (Phi) is 8.73. The summed E-state index contributed by atoms with van der Waals surface area (Å²) in [5.41, 5.74) is 3.72. The summed E-state index contributed by atoms with van der Waals surface area (Å²) in [6.45, 7) is 0. The lowest BCUT2D eigenvalue weighted by molar-refractivity contribution is -0.126. The van der Waals surface area contributed by atoms with E-state index in [2.05, 4.69) is 15.9 Å². The predicted octanol–water partition coefficient (Wildman–Crippen LogP) is 7.66. The lowest BCUT2D eigenvalue weighted by Gasteiger charge is -2.44. The summed E-state index contributed by atoms with van der Waals surface area (Å²) in [7, 11) is 0. The normalized spacial score (nSPS) is 24.1. The summed E-state index contributed by atoms with van der Waals surface area (Å²) in [5, 5.41) is 11.3. The van der Waals surface area contributed by atoms with Crippen LogP contribution >= 0.6 is 15.9 Å². The molecule has 9 rings (SSSR count). The molecule has 4 amide bonds. The van der Waals surface area contributed by atoms with Crippen LogP contribution in [0.15, 0.2) is 144 Å². The van der Waals surface area contributed by atoms with Crippen molar-refractivity contribution in [3.63, 3.8) is 0 Å². The number of phenols is 1. The van der Waals surface area contributed by atoms with Gasteiger partial charge in [-0.2, -0.15) is 0 Å². The fourth-order valence-electron chi connectivity index (χ4n) is 9.26. The van der Waals surface area contributed by atoms with Crippen LogP contribution in [0.5, 0.6) is 5.75 Å². The predicted molar refractivity (Wildman–Crippen MR) is 211 cm³/mol. The molecular formula is C46H33BrN2O7. The molecule has 0 spiro atoms. The van der Waals surface area contributed by atoms with Gasteiger partial charge in [-0.3, -0.25) is 38.6 Å². The molecule has 0 unspecified atom stereocenters. The zero-order chi connectivity index (χ0) is 38.8. The van der Waals surface area contributed by atoms with Crippen LogP contribution in [-0.4, -0.2) is 40.3 Å². The Labute approximate surface area is 330 Å². The second-order valence-electron chi connectivity index (χ2n) is 14.7. The van der Waals surface area contributed by atoms with Gasteiger partial charge in [0.25, 0.3) is 0 Å². The van der Waals surface area contributed by atoms with Gasteiger partial charge in [-0.05, 0) is 85.5 Å². The van der Waals surface area contributed by atoms with E-state index in [1.807, 2.05) is 18.2 Å². The third kappa shape index (κ3) is 5.66. The quantitative estimate of drug-likeness (QED) is 0.102. The maximum Gasteiger partial charge on any atom is 0.238 e. The van der Waals surface area contributed by atoms with E-state index in [9.17, 15) is 33.9 Å². The monoisotopic (exact) mass is 804 g/mol. The van der Waals surface area contributed by atoms with E-state index >= 15 is 0 Å². The highest BCUT2D eigenvalue weighted by Gasteiger charge is 2.62. The lowest BCUT2D eigenvalue weighted by Crippen LogP contribution is -2.43. The van der Waals surface area contributed by atoms with Gasteiger partial charge in [0, 0.05) is 38.2 Å². The first kappa shape index (κ1) is 35.4. The second kappa shape index (κ2) is 13.8. The molecule has 4 aliphatic rings. The Morgan fingerprint density at radius 1 is 0.554 bits per heavy atom. The first-order valence-corrected chi connectivity index (χ1v) is 19.2. The third-order valence-electron chi connectivity index (χ3n) is 11.8. The van der Waals surface area contributed by atoms with Crippen molar-refractivity contribution in [2.45, 2.75) is 18.8 Å². The van der Waals surface area contributed by atoms with Gasteiger partial charge in [0.05, 0.1) is 35.0 Å². The topological polar surface area (TPSA) is 129 Å². The maximum absolute atomic E-state index is 14.6. The van der Waals surface area contributed by atoms with E-state index in [-0.39, 0.29) is 36.1 Å². The van der Waals surface area contributed by atoms with Crippen molar-refractivity contribution in [2.24, 2.45) is 29.6 Å². The smallest absolute Gasteiger partial charge is 0.238 e. The van der Waals surface area contributed by atoms with Crippen molar-refractivity contribution >= 4 is 62.5 Å². The first-order valence-electron chi connectivity index (χ1n) is 18.5. The molecule has 0 aromatic heterocycles. The Balaban J connectivity index is 1.05. The molecule has 5 aromatic rings. The van der Waals surface area contributed by atoms with Crippen LogP contribution in [0.3, 0.4) is 0 Å². The number of nitrogens with zero attached hydrogens (tertiary/aromatic N) is 2. The number of halogens is 1. The number of phenolic OH excluding ortho intramolecular Hbond substituents is 1. The summed E-state index contributed by atoms with van der Waals surface area (Å²) in [6.07, 6.45) is 2.33. The largest absolute Gasteiger partial charge is 0.508 e. The van der Waals surface area contributed by atoms with E-state index in [1.54, 1.807) is 109 Å². The first-order chi connectivity index (χ1) is 27.1. The summed E-state index contributed by atoms with van der Waals surface area (Å²) < 4.78 is 0.665. The highest BCUT2D eigenvalue weighted by Crippen LogP contribution is 2.59. The van der Waals surface area contributed by atoms with Gasteiger partial charge in [0.15, 0.2) is 11.6 Å². The van der Waals surface area contributed by atoms with Gasteiger partial charge in [-0.15, -0.1) is 0 Å². The Bertz CT molecular complexity index is 2500. The number of aromatic hydroxyl groups is 1. The van der Waals surface area contributed by atoms with Crippen molar-refractivity contribution < 1.29 is 33.9 Å². The molecule has 2 saturated heterocycles. The summed E-state index contributed by atoms with van der Waals surface area (Å²) in [4.78, 5) is 86.1. The summed E-state index contributed by atoms with van der Waals surface area (Å²) in [5.74, 6) is -6.60. The fraction of sp³-hybridized carbons (Fsp3) is 0.174. The number of amides is 4. The van der Waals surface area contributed by atoms with E-state index in [4.69, 9.17) is 0 Å². The number of fused-ring (bicyclic) bond motifs is 4. The van der Waals surface area contributed by atoms with Crippen molar-refractivity contribution in [1.29, 1.82) is 0 Å². The number of hydrogen-bond donors (Lipinski definition) is 1. The summed E-state index contributed by atoms with van der Waals surface area (Å²) >= 11 is 3.51. The molecule has 2 aliphatic heterocycles. The van der Waals surface area contributed by atoms with Gasteiger partial charge in [-0.25, -0.2) is 0 Å². The number of allylic oxidation sites excluding steroid dienone is 2. The molecular weight excluding hydrogens is 772 g/mol. The van der Waals surface area contributed by atoms with Crippen LogP contribution in [-0.2, 0) is 19.2 Å². The number of benzene rings is 5. The number of anilines is 2. The molecule has 0 radical (unpaired) electrons. The van der Waals surface area contributed by atoms with E-state index in [1.165, 1.54) is 11.0 Å². The molecule has 2 aliphatic carbocycles. The van der Waals surface area contributed by atoms with Crippen LogP contribution in [0.2, 0.25) is 0 Å². The van der Waals surface area contributed by atoms with Crippen LogP contribution in [0.1, 0.15) is 56.2 Å². The van der Waals surface area contributed by atoms with E-state index < -0.39 is 53.2 Å². The SMILES string of the molecule is O=C(c1ccccc1)c1ccc(N2C(=O)[C@H]3[C@H](CC=C4[C@H]3C[C@H]3C(=O)N(c5ccc(C(=O)c6ccccc6)cc5)C(=O)[C@H]3[C@H]4c3cc(Br)ccc3O)C2=O)cc1. The number of hydrogen-bond acceptors (Lipinski definition) is 7. The molecule has 3 fully saturated rings. The molecule has 6 atom stereocenters. The highest BCUT2D eigenvalue weighted by atomic mass is 79.9. The molecule has 1 N–H and O–H groups in total. The second-order valence-corrected chi connectivity index (χ2v) is 15.7. The van der Waals surface area contributed by atoms with E-state index in [0.29, 0.717) is 43.7 Å². The molecule has 5 aromatic carbocycles. The Morgan fingerprint density at radius 2 is 1.04 bits per heavy atom. The van der Waals surface area contributed by atoms with Crippen molar-refractivity contribution in [3.8, 4) is 5.75 Å². The van der Waals surface area contributed by atoms with Crippen molar-refractivity contribution in [1.82, 2.24) is 0 Å². The number of carbonyl (C=O) groups is 6. The van der Waals surface area contributed by atoms with Gasteiger partial charge >= 0.3 is 0 Å². The average molecular weight is 806 g/mol. The van der Waals surface area contributed by atoms with E-state index in [0.717, 1.165) is 10.5 Å².